The van der Waals surface area contributed by atoms with Crippen LogP contribution in [-0.2, 0) is 19.5 Å². The third kappa shape index (κ3) is 4.27. The number of hydrogen-bond acceptors (Lipinski definition) is 4. The molecular formula is C25H27ClN4. The summed E-state index contributed by atoms with van der Waals surface area (Å²) in [5.41, 5.74) is 6.40. The quantitative estimate of drug-likeness (QED) is 0.608. The van der Waals surface area contributed by atoms with Crippen LogP contribution in [0.3, 0.4) is 0 Å². The first-order valence-electron chi connectivity index (χ1n) is 10.8. The van der Waals surface area contributed by atoms with Gasteiger partial charge in [0.1, 0.15) is 6.33 Å². The van der Waals surface area contributed by atoms with Gasteiger partial charge >= 0.3 is 0 Å². The molecule has 3 aromatic rings. The number of aromatic nitrogens is 2. The molecule has 154 valence electrons. The maximum atomic E-state index is 6.24. The van der Waals surface area contributed by atoms with E-state index in [9.17, 15) is 0 Å². The lowest BCUT2D eigenvalue weighted by molar-refractivity contribution is 0.0936. The molecule has 30 heavy (non-hydrogen) atoms. The topological polar surface area (TPSA) is 32.3 Å². The van der Waals surface area contributed by atoms with Gasteiger partial charge in [0.15, 0.2) is 0 Å². The number of benzene rings is 2. The van der Waals surface area contributed by atoms with Crippen molar-refractivity contribution in [3.63, 3.8) is 0 Å². The number of rotatable bonds is 4. The highest BCUT2D eigenvalue weighted by atomic mass is 35.5. The molecule has 2 aliphatic heterocycles. The van der Waals surface area contributed by atoms with Crippen LogP contribution in [0, 0.1) is 0 Å². The molecule has 0 bridgehead atoms. The van der Waals surface area contributed by atoms with E-state index in [1.54, 1.807) is 6.33 Å². The first-order chi connectivity index (χ1) is 14.8. The number of nitrogens with zero attached hydrogens (tertiary/aromatic N) is 4. The zero-order chi connectivity index (χ0) is 20.3. The van der Waals surface area contributed by atoms with Gasteiger partial charge in [-0.2, -0.15) is 0 Å². The van der Waals surface area contributed by atoms with Crippen molar-refractivity contribution in [3.8, 4) is 11.1 Å². The molecule has 0 radical (unpaired) electrons. The zero-order valence-corrected chi connectivity index (χ0v) is 17.9. The standard InChI is InChI=1S/C25H27ClN4/c26-22-6-3-5-19(14-22)24-7-2-1-4-21(24)16-29-11-9-23(10-12-29)30-13-8-20-15-27-18-28-25(20)17-30/h1-7,14-15,18,23H,8-13,16-17H2. The lowest BCUT2D eigenvalue weighted by Gasteiger charge is -2.40. The van der Waals surface area contributed by atoms with Crippen LogP contribution in [0.4, 0.5) is 0 Å². The van der Waals surface area contributed by atoms with Crippen LogP contribution in [0.2, 0.25) is 5.02 Å². The van der Waals surface area contributed by atoms with Gasteiger partial charge in [-0.3, -0.25) is 9.80 Å². The van der Waals surface area contributed by atoms with E-state index in [0.29, 0.717) is 6.04 Å². The van der Waals surface area contributed by atoms with E-state index in [0.717, 1.165) is 44.2 Å². The predicted molar refractivity (Wildman–Crippen MR) is 121 cm³/mol. The molecule has 3 heterocycles. The molecule has 2 aliphatic rings. The molecule has 1 aromatic heterocycles. The van der Waals surface area contributed by atoms with Crippen LogP contribution >= 0.6 is 11.6 Å². The maximum absolute atomic E-state index is 6.24. The minimum atomic E-state index is 0.660. The maximum Gasteiger partial charge on any atom is 0.115 e. The first kappa shape index (κ1) is 19.7. The van der Waals surface area contributed by atoms with Gasteiger partial charge < -0.3 is 0 Å². The molecule has 0 spiro atoms. The average molecular weight is 419 g/mol. The van der Waals surface area contributed by atoms with Crippen LogP contribution in [0.5, 0.6) is 0 Å². The summed E-state index contributed by atoms with van der Waals surface area (Å²) >= 11 is 6.24. The average Bonchev–Trinajstić information content (AvgIpc) is 2.80. The smallest absolute Gasteiger partial charge is 0.115 e. The highest BCUT2D eigenvalue weighted by Gasteiger charge is 2.28. The molecular weight excluding hydrogens is 392 g/mol. The summed E-state index contributed by atoms with van der Waals surface area (Å²) in [5, 5.41) is 0.788. The SMILES string of the molecule is Clc1cccc(-c2ccccc2CN2CCC(N3CCc4cncnc4C3)CC2)c1. The molecule has 4 nitrogen and oxygen atoms in total. The van der Waals surface area contributed by atoms with Crippen molar-refractivity contribution in [1.29, 1.82) is 0 Å². The van der Waals surface area contributed by atoms with E-state index in [1.807, 2.05) is 18.3 Å². The van der Waals surface area contributed by atoms with Crippen molar-refractivity contribution in [2.45, 2.75) is 38.4 Å². The monoisotopic (exact) mass is 418 g/mol. The van der Waals surface area contributed by atoms with Crippen molar-refractivity contribution in [1.82, 2.24) is 19.8 Å². The third-order valence-electron chi connectivity index (χ3n) is 6.52. The Morgan fingerprint density at radius 1 is 1.00 bits per heavy atom. The van der Waals surface area contributed by atoms with E-state index in [4.69, 9.17) is 11.6 Å². The summed E-state index contributed by atoms with van der Waals surface area (Å²) in [6.07, 6.45) is 7.19. The van der Waals surface area contributed by atoms with Crippen molar-refractivity contribution >= 4 is 11.6 Å². The van der Waals surface area contributed by atoms with Crippen LogP contribution < -0.4 is 0 Å². The van der Waals surface area contributed by atoms with Gasteiger partial charge in [0.2, 0.25) is 0 Å². The Morgan fingerprint density at radius 2 is 1.87 bits per heavy atom. The number of likely N-dealkylation sites (tertiary alicyclic amines) is 1. The molecule has 1 fully saturated rings. The second-order valence-corrected chi connectivity index (χ2v) is 8.83. The second kappa shape index (κ2) is 8.84. The van der Waals surface area contributed by atoms with Crippen molar-refractivity contribution in [2.24, 2.45) is 0 Å². The molecule has 1 saturated heterocycles. The van der Waals surface area contributed by atoms with Crippen molar-refractivity contribution in [3.05, 3.63) is 82.9 Å². The van der Waals surface area contributed by atoms with Gasteiger partial charge in [-0.1, -0.05) is 48.0 Å². The number of hydrogen-bond donors (Lipinski definition) is 0. The van der Waals surface area contributed by atoms with Crippen LogP contribution in [0.25, 0.3) is 11.1 Å². The van der Waals surface area contributed by atoms with E-state index < -0.39 is 0 Å². The van der Waals surface area contributed by atoms with E-state index in [-0.39, 0.29) is 0 Å². The fraction of sp³-hybridized carbons (Fsp3) is 0.360. The van der Waals surface area contributed by atoms with Gasteiger partial charge in [-0.05, 0) is 66.7 Å². The largest absolute Gasteiger partial charge is 0.299 e. The molecule has 0 unspecified atom stereocenters. The fourth-order valence-corrected chi connectivity index (χ4v) is 5.05. The normalized spacial score (nSPS) is 18.3. The lowest BCUT2D eigenvalue weighted by atomic mass is 9.96. The van der Waals surface area contributed by atoms with Crippen LogP contribution in [0.1, 0.15) is 29.7 Å². The molecule has 0 saturated carbocycles. The summed E-state index contributed by atoms with van der Waals surface area (Å²) in [6, 6.07) is 17.6. The molecule has 0 atom stereocenters. The van der Waals surface area contributed by atoms with Gasteiger partial charge in [0.05, 0.1) is 5.69 Å². The zero-order valence-electron chi connectivity index (χ0n) is 17.2. The Kier molecular flexibility index (Phi) is 5.80. The van der Waals surface area contributed by atoms with Crippen molar-refractivity contribution < 1.29 is 0 Å². The van der Waals surface area contributed by atoms with Gasteiger partial charge in [-0.15, -0.1) is 0 Å². The summed E-state index contributed by atoms with van der Waals surface area (Å²) < 4.78 is 0. The Morgan fingerprint density at radius 3 is 2.73 bits per heavy atom. The van der Waals surface area contributed by atoms with Gasteiger partial charge in [0.25, 0.3) is 0 Å². The number of halogens is 1. The Labute approximate surface area is 183 Å². The van der Waals surface area contributed by atoms with Gasteiger partial charge in [0, 0.05) is 36.9 Å². The third-order valence-corrected chi connectivity index (χ3v) is 6.76. The predicted octanol–water partition coefficient (Wildman–Crippen LogP) is 4.82. The van der Waals surface area contributed by atoms with E-state index >= 15 is 0 Å². The summed E-state index contributed by atoms with van der Waals surface area (Å²) in [5.74, 6) is 0. The molecule has 0 amide bonds. The summed E-state index contributed by atoms with van der Waals surface area (Å²) in [7, 11) is 0. The fourth-order valence-electron chi connectivity index (χ4n) is 4.86. The highest BCUT2D eigenvalue weighted by Crippen LogP contribution is 2.29. The molecule has 5 heteroatoms. The Hall–Kier alpha value is -2.27. The van der Waals surface area contributed by atoms with Gasteiger partial charge in [-0.25, -0.2) is 9.97 Å². The van der Waals surface area contributed by atoms with E-state index in [1.165, 1.54) is 40.8 Å². The van der Waals surface area contributed by atoms with Crippen molar-refractivity contribution in [2.75, 3.05) is 19.6 Å². The minimum Gasteiger partial charge on any atom is -0.299 e. The van der Waals surface area contributed by atoms with Crippen LogP contribution in [0.15, 0.2) is 61.1 Å². The number of fused-ring (bicyclic) bond motifs is 1. The molecule has 0 aliphatic carbocycles. The number of piperidine rings is 1. The molecule has 2 aromatic carbocycles. The first-order valence-corrected chi connectivity index (χ1v) is 11.2. The highest BCUT2D eigenvalue weighted by molar-refractivity contribution is 6.30. The summed E-state index contributed by atoms with van der Waals surface area (Å²) in [6.45, 7) is 5.37. The lowest BCUT2D eigenvalue weighted by Crippen LogP contribution is -2.46. The Balaban J connectivity index is 1.22. The summed E-state index contributed by atoms with van der Waals surface area (Å²) in [4.78, 5) is 13.9. The molecule has 5 rings (SSSR count). The second-order valence-electron chi connectivity index (χ2n) is 8.39. The molecule has 0 N–H and O–H groups in total. The Bertz CT molecular complexity index is 1010. The van der Waals surface area contributed by atoms with Crippen LogP contribution in [-0.4, -0.2) is 45.4 Å². The minimum absolute atomic E-state index is 0.660. The van der Waals surface area contributed by atoms with E-state index in [2.05, 4.69) is 56.2 Å².